The summed E-state index contributed by atoms with van der Waals surface area (Å²) in [5.74, 6) is 0. The Labute approximate surface area is 93.0 Å². The predicted molar refractivity (Wildman–Crippen MR) is 61.8 cm³/mol. The molecular weight excluding hydrogens is 188 g/mol. The van der Waals surface area contributed by atoms with Crippen LogP contribution in [0.5, 0.6) is 0 Å². The third-order valence-electron chi connectivity index (χ3n) is 4.16. The molecule has 2 fully saturated rings. The van der Waals surface area contributed by atoms with Crippen LogP contribution in [-0.4, -0.2) is 42.3 Å². The van der Waals surface area contributed by atoms with Gasteiger partial charge in [0.2, 0.25) is 0 Å². The van der Waals surface area contributed by atoms with E-state index in [4.69, 9.17) is 10.5 Å². The zero-order valence-corrected chi connectivity index (χ0v) is 10.0. The summed E-state index contributed by atoms with van der Waals surface area (Å²) >= 11 is 0. The summed E-state index contributed by atoms with van der Waals surface area (Å²) < 4.78 is 5.65. The van der Waals surface area contributed by atoms with Crippen LogP contribution in [0.1, 0.15) is 39.5 Å². The molecule has 0 radical (unpaired) electrons. The summed E-state index contributed by atoms with van der Waals surface area (Å²) in [6.07, 6.45) is 5.42. The van der Waals surface area contributed by atoms with Crippen molar-refractivity contribution in [2.45, 2.75) is 57.2 Å². The van der Waals surface area contributed by atoms with Crippen LogP contribution in [0.4, 0.5) is 0 Å². The van der Waals surface area contributed by atoms with E-state index in [1.54, 1.807) is 0 Å². The molecule has 1 saturated carbocycles. The molecule has 0 bridgehead atoms. The van der Waals surface area contributed by atoms with Crippen molar-refractivity contribution < 1.29 is 4.74 Å². The summed E-state index contributed by atoms with van der Waals surface area (Å²) in [6, 6.07) is 0.719. The fraction of sp³-hybridized carbons (Fsp3) is 1.00. The monoisotopic (exact) mass is 212 g/mol. The minimum atomic E-state index is 0.274. The zero-order valence-electron chi connectivity index (χ0n) is 10.0. The first-order valence-electron chi connectivity index (χ1n) is 6.30. The van der Waals surface area contributed by atoms with Crippen LogP contribution in [0.2, 0.25) is 0 Å². The largest absolute Gasteiger partial charge is 0.378 e. The Bertz CT molecular complexity index is 214. The van der Waals surface area contributed by atoms with Crippen LogP contribution in [0.3, 0.4) is 0 Å². The van der Waals surface area contributed by atoms with Crippen molar-refractivity contribution >= 4 is 0 Å². The molecule has 0 aromatic heterocycles. The minimum Gasteiger partial charge on any atom is -0.378 e. The average Bonchev–Trinajstić information content (AvgIpc) is 2.58. The van der Waals surface area contributed by atoms with Gasteiger partial charge in [-0.25, -0.2) is 0 Å². The van der Waals surface area contributed by atoms with E-state index >= 15 is 0 Å². The van der Waals surface area contributed by atoms with Gasteiger partial charge < -0.3 is 10.5 Å². The molecule has 2 aliphatic rings. The van der Waals surface area contributed by atoms with E-state index < -0.39 is 0 Å². The van der Waals surface area contributed by atoms with Gasteiger partial charge in [-0.2, -0.15) is 0 Å². The molecule has 15 heavy (non-hydrogen) atoms. The first-order chi connectivity index (χ1) is 7.22. The number of ether oxygens (including phenoxy) is 1. The fourth-order valence-corrected chi connectivity index (χ4v) is 3.30. The van der Waals surface area contributed by atoms with E-state index in [1.165, 1.54) is 19.4 Å². The number of rotatable bonds is 4. The van der Waals surface area contributed by atoms with Crippen molar-refractivity contribution in [2.24, 2.45) is 5.73 Å². The molecule has 0 amide bonds. The van der Waals surface area contributed by atoms with Gasteiger partial charge in [0, 0.05) is 24.7 Å². The maximum atomic E-state index is 5.97. The van der Waals surface area contributed by atoms with Crippen LogP contribution in [0, 0.1) is 0 Å². The predicted octanol–water partition coefficient (Wildman–Crippen LogP) is 1.37. The summed E-state index contributed by atoms with van der Waals surface area (Å²) in [5.41, 5.74) is 6.25. The highest BCUT2D eigenvalue weighted by atomic mass is 16.5. The van der Waals surface area contributed by atoms with Gasteiger partial charge in [0.25, 0.3) is 0 Å². The van der Waals surface area contributed by atoms with E-state index in [0.717, 1.165) is 32.0 Å². The van der Waals surface area contributed by atoms with E-state index in [0.29, 0.717) is 6.10 Å². The van der Waals surface area contributed by atoms with Crippen LogP contribution < -0.4 is 5.73 Å². The summed E-state index contributed by atoms with van der Waals surface area (Å²) in [5, 5.41) is 0. The molecule has 2 N–H and O–H groups in total. The molecule has 3 heteroatoms. The van der Waals surface area contributed by atoms with Crippen molar-refractivity contribution in [1.29, 1.82) is 0 Å². The Kier molecular flexibility index (Phi) is 3.33. The van der Waals surface area contributed by atoms with Gasteiger partial charge >= 0.3 is 0 Å². The van der Waals surface area contributed by atoms with Gasteiger partial charge in [-0.1, -0.05) is 0 Å². The normalized spacial score (nSPS) is 41.8. The molecular formula is C12H24N2O. The third kappa shape index (κ3) is 1.93. The number of likely N-dealkylation sites (tertiary alicyclic amines) is 1. The second-order valence-corrected chi connectivity index (χ2v) is 5.10. The lowest BCUT2D eigenvalue weighted by atomic mass is 9.72. The lowest BCUT2D eigenvalue weighted by molar-refractivity contribution is -0.102. The molecule has 1 saturated heterocycles. The molecule has 0 aromatic rings. The van der Waals surface area contributed by atoms with Crippen molar-refractivity contribution in [2.75, 3.05) is 19.7 Å². The first kappa shape index (κ1) is 11.4. The lowest BCUT2D eigenvalue weighted by Gasteiger charge is -2.54. The summed E-state index contributed by atoms with van der Waals surface area (Å²) in [7, 11) is 0. The molecule has 1 unspecified atom stereocenters. The Morgan fingerprint density at radius 2 is 2.20 bits per heavy atom. The van der Waals surface area contributed by atoms with Crippen molar-refractivity contribution in [3.05, 3.63) is 0 Å². The molecule has 0 spiro atoms. The summed E-state index contributed by atoms with van der Waals surface area (Å²) in [6.45, 7) is 7.26. The van der Waals surface area contributed by atoms with Crippen LogP contribution in [0.15, 0.2) is 0 Å². The summed E-state index contributed by atoms with van der Waals surface area (Å²) in [4.78, 5) is 2.63. The number of hydrogen-bond donors (Lipinski definition) is 1. The van der Waals surface area contributed by atoms with E-state index in [9.17, 15) is 0 Å². The van der Waals surface area contributed by atoms with E-state index in [1.807, 2.05) is 0 Å². The van der Waals surface area contributed by atoms with E-state index in [2.05, 4.69) is 18.7 Å². The molecule has 2 rings (SSSR count). The lowest BCUT2D eigenvalue weighted by Crippen LogP contribution is -2.64. The number of nitrogens with zero attached hydrogens (tertiary/aromatic N) is 1. The van der Waals surface area contributed by atoms with Gasteiger partial charge in [0.1, 0.15) is 0 Å². The number of hydrogen-bond acceptors (Lipinski definition) is 3. The molecule has 1 heterocycles. The Balaban J connectivity index is 1.93. The fourth-order valence-electron chi connectivity index (χ4n) is 3.30. The standard InChI is InChI=1S/C12H24N2O/c1-3-15-11-7-12(8-11,9-13)14-6-4-5-10(14)2/h10-11H,3-9,13H2,1-2H3. The maximum absolute atomic E-state index is 5.97. The van der Waals surface area contributed by atoms with E-state index in [-0.39, 0.29) is 5.54 Å². The van der Waals surface area contributed by atoms with Crippen LogP contribution in [-0.2, 0) is 4.74 Å². The Hall–Kier alpha value is -0.120. The van der Waals surface area contributed by atoms with Crippen molar-refractivity contribution in [1.82, 2.24) is 4.90 Å². The SMILES string of the molecule is CCOC1CC(CN)(N2CCCC2C)C1. The maximum Gasteiger partial charge on any atom is 0.0611 e. The second-order valence-electron chi connectivity index (χ2n) is 5.10. The highest BCUT2D eigenvalue weighted by Gasteiger charge is 2.50. The minimum absolute atomic E-state index is 0.274. The van der Waals surface area contributed by atoms with Crippen LogP contribution >= 0.6 is 0 Å². The molecule has 3 nitrogen and oxygen atoms in total. The first-order valence-corrected chi connectivity index (χ1v) is 6.30. The van der Waals surface area contributed by atoms with Gasteiger partial charge in [-0.3, -0.25) is 4.90 Å². The smallest absolute Gasteiger partial charge is 0.0611 e. The van der Waals surface area contributed by atoms with Gasteiger partial charge in [0.05, 0.1) is 6.10 Å². The highest BCUT2D eigenvalue weighted by molar-refractivity contribution is 5.06. The van der Waals surface area contributed by atoms with Crippen molar-refractivity contribution in [3.8, 4) is 0 Å². The topological polar surface area (TPSA) is 38.5 Å². The molecule has 1 aliphatic carbocycles. The third-order valence-corrected chi connectivity index (χ3v) is 4.16. The zero-order chi connectivity index (χ0) is 10.9. The molecule has 0 aromatic carbocycles. The Morgan fingerprint density at radius 1 is 1.47 bits per heavy atom. The molecule has 88 valence electrons. The molecule has 1 aliphatic heterocycles. The van der Waals surface area contributed by atoms with Gasteiger partial charge in [-0.15, -0.1) is 0 Å². The average molecular weight is 212 g/mol. The highest BCUT2D eigenvalue weighted by Crippen LogP contribution is 2.42. The van der Waals surface area contributed by atoms with Gasteiger partial charge in [-0.05, 0) is 46.1 Å². The second kappa shape index (κ2) is 4.40. The van der Waals surface area contributed by atoms with Gasteiger partial charge in [0.15, 0.2) is 0 Å². The number of nitrogens with two attached hydrogens (primary N) is 1. The van der Waals surface area contributed by atoms with Crippen molar-refractivity contribution in [3.63, 3.8) is 0 Å². The molecule has 1 atom stereocenters. The van der Waals surface area contributed by atoms with Crippen LogP contribution in [0.25, 0.3) is 0 Å². The Morgan fingerprint density at radius 3 is 2.67 bits per heavy atom. The quantitative estimate of drug-likeness (QED) is 0.765.